The molecule has 1 unspecified atom stereocenters. The van der Waals surface area contributed by atoms with Crippen molar-refractivity contribution in [1.82, 2.24) is 5.32 Å². The number of rotatable bonds is 4. The molecule has 5 heteroatoms. The molecule has 0 amide bonds. The molecule has 0 aliphatic carbocycles. The summed E-state index contributed by atoms with van der Waals surface area (Å²) in [4.78, 5) is 0. The molecule has 0 aromatic heterocycles. The van der Waals surface area contributed by atoms with E-state index in [0.29, 0.717) is 6.42 Å². The van der Waals surface area contributed by atoms with Crippen molar-refractivity contribution < 1.29 is 17.9 Å². The molecule has 2 rings (SSSR count). The van der Waals surface area contributed by atoms with Gasteiger partial charge in [-0.15, -0.1) is 0 Å². The first-order valence-electron chi connectivity index (χ1n) is 6.14. The summed E-state index contributed by atoms with van der Waals surface area (Å²) >= 11 is 0. The van der Waals surface area contributed by atoms with Crippen LogP contribution in [-0.4, -0.2) is 19.2 Å². The molecular weight excluding hydrogens is 243 g/mol. The van der Waals surface area contributed by atoms with Crippen LogP contribution >= 0.6 is 0 Å². The Morgan fingerprint density at radius 2 is 2.11 bits per heavy atom. The lowest BCUT2D eigenvalue weighted by molar-refractivity contribution is 0.131. The molecule has 1 fully saturated rings. The van der Waals surface area contributed by atoms with E-state index in [1.54, 1.807) is 0 Å². The van der Waals surface area contributed by atoms with E-state index >= 15 is 0 Å². The van der Waals surface area contributed by atoms with E-state index in [-0.39, 0.29) is 17.8 Å². The van der Waals surface area contributed by atoms with E-state index in [4.69, 9.17) is 4.74 Å². The molecule has 1 aromatic carbocycles. The fourth-order valence-electron chi connectivity index (χ4n) is 2.27. The average molecular weight is 259 g/mol. The van der Waals surface area contributed by atoms with Gasteiger partial charge >= 0.3 is 0 Å². The number of hydrogen-bond acceptors (Lipinski definition) is 2. The number of ether oxygens (including phenoxy) is 1. The Bertz CT molecular complexity index is 419. The van der Waals surface area contributed by atoms with Crippen LogP contribution in [-0.2, 0) is 0 Å². The molecule has 1 heterocycles. The quantitative estimate of drug-likeness (QED) is 0.839. The Morgan fingerprint density at radius 3 is 2.72 bits per heavy atom. The molecule has 0 saturated carbocycles. The molecule has 100 valence electrons. The minimum absolute atomic E-state index is 0.181. The largest absolute Gasteiger partial charge is 0.487 e. The lowest BCUT2D eigenvalue weighted by atomic mass is 9.99. The Labute approximate surface area is 104 Å². The maximum absolute atomic E-state index is 13.5. The lowest BCUT2D eigenvalue weighted by Gasteiger charge is -2.23. The average Bonchev–Trinajstić information content (AvgIpc) is 2.89. The van der Waals surface area contributed by atoms with E-state index in [2.05, 4.69) is 5.32 Å². The van der Waals surface area contributed by atoms with Gasteiger partial charge in [-0.1, -0.05) is 6.92 Å². The fourth-order valence-corrected chi connectivity index (χ4v) is 2.27. The van der Waals surface area contributed by atoms with Crippen LogP contribution < -0.4 is 10.1 Å². The van der Waals surface area contributed by atoms with Crippen molar-refractivity contribution in [2.45, 2.75) is 25.9 Å². The van der Waals surface area contributed by atoms with Crippen molar-refractivity contribution >= 4 is 0 Å². The normalized spacial score (nSPS) is 21.0. The molecular formula is C13H16F3NO. The highest BCUT2D eigenvalue weighted by Crippen LogP contribution is 2.26. The molecule has 0 bridgehead atoms. The highest BCUT2D eigenvalue weighted by Gasteiger charge is 2.26. The summed E-state index contributed by atoms with van der Waals surface area (Å²) in [5.74, 6) is -3.86. The SMILES string of the molecule is CC[C@H](Oc1ccc(F)c(F)c1F)C1CCNC1. The van der Waals surface area contributed by atoms with E-state index in [9.17, 15) is 13.2 Å². The fraction of sp³-hybridized carbons (Fsp3) is 0.538. The number of hydrogen-bond donors (Lipinski definition) is 1. The van der Waals surface area contributed by atoms with Crippen LogP contribution in [0, 0.1) is 23.4 Å². The Morgan fingerprint density at radius 1 is 1.33 bits per heavy atom. The van der Waals surface area contributed by atoms with Crippen molar-refractivity contribution in [3.05, 3.63) is 29.6 Å². The molecule has 1 N–H and O–H groups in total. The molecule has 1 aromatic rings. The van der Waals surface area contributed by atoms with Crippen molar-refractivity contribution in [1.29, 1.82) is 0 Å². The zero-order valence-electron chi connectivity index (χ0n) is 10.2. The monoisotopic (exact) mass is 259 g/mol. The van der Waals surface area contributed by atoms with Crippen LogP contribution in [0.2, 0.25) is 0 Å². The smallest absolute Gasteiger partial charge is 0.203 e. The molecule has 1 aliphatic heterocycles. The summed E-state index contributed by atoms with van der Waals surface area (Å²) in [5, 5.41) is 3.20. The van der Waals surface area contributed by atoms with Gasteiger partial charge in [0.05, 0.1) is 0 Å². The van der Waals surface area contributed by atoms with Crippen molar-refractivity contribution in [3.63, 3.8) is 0 Å². The van der Waals surface area contributed by atoms with Gasteiger partial charge in [0.1, 0.15) is 6.10 Å². The third-order valence-electron chi connectivity index (χ3n) is 3.30. The zero-order chi connectivity index (χ0) is 13.1. The van der Waals surface area contributed by atoms with Gasteiger partial charge in [0.2, 0.25) is 5.82 Å². The first-order valence-corrected chi connectivity index (χ1v) is 6.14. The van der Waals surface area contributed by atoms with Crippen LogP contribution in [0.5, 0.6) is 5.75 Å². The van der Waals surface area contributed by atoms with Gasteiger partial charge in [0.25, 0.3) is 0 Å². The summed E-state index contributed by atoms with van der Waals surface area (Å²) in [6.45, 7) is 3.65. The first-order chi connectivity index (χ1) is 8.63. The van der Waals surface area contributed by atoms with Gasteiger partial charge in [0.15, 0.2) is 17.4 Å². The third-order valence-corrected chi connectivity index (χ3v) is 3.30. The van der Waals surface area contributed by atoms with Gasteiger partial charge in [-0.25, -0.2) is 8.78 Å². The van der Waals surface area contributed by atoms with E-state index in [1.807, 2.05) is 6.92 Å². The predicted molar refractivity (Wildman–Crippen MR) is 62.0 cm³/mol. The second kappa shape index (κ2) is 5.61. The minimum Gasteiger partial charge on any atom is -0.487 e. The minimum atomic E-state index is -1.48. The topological polar surface area (TPSA) is 21.3 Å². The Hall–Kier alpha value is -1.23. The third kappa shape index (κ3) is 2.61. The first kappa shape index (κ1) is 13.2. The van der Waals surface area contributed by atoms with Crippen LogP contribution in [0.15, 0.2) is 12.1 Å². The molecule has 1 aliphatic rings. The molecule has 0 radical (unpaired) electrons. The van der Waals surface area contributed by atoms with Crippen molar-refractivity contribution in [3.8, 4) is 5.75 Å². The zero-order valence-corrected chi connectivity index (χ0v) is 10.2. The Kier molecular flexibility index (Phi) is 4.11. The predicted octanol–water partition coefficient (Wildman–Crippen LogP) is 2.87. The number of halogens is 3. The second-order valence-corrected chi connectivity index (χ2v) is 4.49. The molecule has 2 atom stereocenters. The van der Waals surface area contributed by atoms with Gasteiger partial charge in [-0.2, -0.15) is 4.39 Å². The Balaban J connectivity index is 2.14. The van der Waals surface area contributed by atoms with Crippen LogP contribution in [0.1, 0.15) is 19.8 Å². The maximum Gasteiger partial charge on any atom is 0.203 e. The van der Waals surface area contributed by atoms with Crippen LogP contribution in [0.4, 0.5) is 13.2 Å². The van der Waals surface area contributed by atoms with E-state index < -0.39 is 17.5 Å². The molecule has 0 spiro atoms. The molecule has 18 heavy (non-hydrogen) atoms. The van der Waals surface area contributed by atoms with Gasteiger partial charge in [-0.05, 0) is 31.5 Å². The highest BCUT2D eigenvalue weighted by atomic mass is 19.2. The molecule has 2 nitrogen and oxygen atoms in total. The maximum atomic E-state index is 13.5. The summed E-state index contributed by atoms with van der Waals surface area (Å²) in [6.07, 6.45) is 1.47. The van der Waals surface area contributed by atoms with Crippen LogP contribution in [0.25, 0.3) is 0 Å². The second-order valence-electron chi connectivity index (χ2n) is 4.49. The summed E-state index contributed by atoms with van der Waals surface area (Å²) in [5.41, 5.74) is 0. The highest BCUT2D eigenvalue weighted by molar-refractivity contribution is 5.26. The molecule has 1 saturated heterocycles. The van der Waals surface area contributed by atoms with E-state index in [0.717, 1.165) is 31.6 Å². The standard InChI is InChI=1S/C13H16F3NO/c1-2-10(8-5-6-17-7-8)18-11-4-3-9(14)12(15)13(11)16/h3-4,8,10,17H,2,5-7H2,1H3/t8?,10-/m0/s1. The number of nitrogens with one attached hydrogen (secondary N) is 1. The van der Waals surface area contributed by atoms with Gasteiger partial charge < -0.3 is 10.1 Å². The van der Waals surface area contributed by atoms with Gasteiger partial charge in [0, 0.05) is 12.5 Å². The summed E-state index contributed by atoms with van der Waals surface area (Å²) in [6, 6.07) is 2.02. The van der Waals surface area contributed by atoms with Gasteiger partial charge in [-0.3, -0.25) is 0 Å². The summed E-state index contributed by atoms with van der Waals surface area (Å²) in [7, 11) is 0. The van der Waals surface area contributed by atoms with Crippen molar-refractivity contribution in [2.75, 3.05) is 13.1 Å². The van der Waals surface area contributed by atoms with E-state index in [1.165, 1.54) is 0 Å². The van der Waals surface area contributed by atoms with Crippen LogP contribution in [0.3, 0.4) is 0 Å². The summed E-state index contributed by atoms with van der Waals surface area (Å²) < 4.78 is 44.9. The number of benzene rings is 1. The lowest BCUT2D eigenvalue weighted by Crippen LogP contribution is -2.28. The van der Waals surface area contributed by atoms with Crippen molar-refractivity contribution in [2.24, 2.45) is 5.92 Å².